The lowest BCUT2D eigenvalue weighted by Crippen LogP contribution is -2.18. The first-order valence-corrected chi connectivity index (χ1v) is 7.23. The second-order valence-corrected chi connectivity index (χ2v) is 5.38. The number of hydrogen-bond donors (Lipinski definition) is 1. The fourth-order valence-corrected chi connectivity index (χ4v) is 2.36. The van der Waals surface area contributed by atoms with Crippen molar-refractivity contribution in [2.75, 3.05) is 19.5 Å². The number of anilines is 1. The molecule has 0 fully saturated rings. The van der Waals surface area contributed by atoms with Gasteiger partial charge < -0.3 is 14.8 Å². The zero-order chi connectivity index (χ0) is 15.2. The lowest BCUT2D eigenvalue weighted by Gasteiger charge is -2.17. The van der Waals surface area contributed by atoms with Gasteiger partial charge in [0, 0.05) is 22.8 Å². The molecule has 2 aromatic rings. The maximum atomic E-state index is 5.90. The molecule has 0 bridgehead atoms. The third kappa shape index (κ3) is 4.30. The van der Waals surface area contributed by atoms with Crippen LogP contribution in [0.2, 0.25) is 5.02 Å². The van der Waals surface area contributed by atoms with Gasteiger partial charge in [-0.1, -0.05) is 23.7 Å². The van der Waals surface area contributed by atoms with Gasteiger partial charge in [-0.2, -0.15) is 0 Å². The van der Waals surface area contributed by atoms with Crippen LogP contribution in [0.3, 0.4) is 0 Å². The lowest BCUT2D eigenvalue weighted by atomic mass is 10.1. The summed E-state index contributed by atoms with van der Waals surface area (Å²) in [5.41, 5.74) is 2.26. The molecule has 0 aliphatic carbocycles. The van der Waals surface area contributed by atoms with E-state index in [2.05, 4.69) is 24.4 Å². The van der Waals surface area contributed by atoms with E-state index in [4.69, 9.17) is 21.1 Å². The van der Waals surface area contributed by atoms with Crippen molar-refractivity contribution >= 4 is 17.3 Å². The Balaban J connectivity index is 2.02. The van der Waals surface area contributed by atoms with Gasteiger partial charge in [0.2, 0.25) is 0 Å². The molecule has 0 aliphatic rings. The quantitative estimate of drug-likeness (QED) is 0.858. The second-order valence-electron chi connectivity index (χ2n) is 4.95. The smallest absolute Gasteiger partial charge is 0.162 e. The molecule has 2 rings (SSSR count). The molecular weight excluding hydrogens is 286 g/mol. The number of nitrogens with one attached hydrogen (secondary N) is 1. The summed E-state index contributed by atoms with van der Waals surface area (Å²) in [6.45, 7) is 2.14. The minimum absolute atomic E-state index is 0.296. The molecule has 2 aromatic carbocycles. The van der Waals surface area contributed by atoms with Gasteiger partial charge in [-0.25, -0.2) is 0 Å². The number of ether oxygens (including phenoxy) is 2. The largest absolute Gasteiger partial charge is 0.493 e. The predicted octanol–water partition coefficient (Wildman–Crippen LogP) is 4.40. The molecule has 0 saturated heterocycles. The van der Waals surface area contributed by atoms with Crippen LogP contribution in [-0.4, -0.2) is 20.3 Å². The van der Waals surface area contributed by atoms with Crippen LogP contribution in [0.4, 0.5) is 5.69 Å². The molecule has 1 atom stereocenters. The number of hydrogen-bond acceptors (Lipinski definition) is 3. The monoisotopic (exact) mass is 305 g/mol. The van der Waals surface area contributed by atoms with Crippen molar-refractivity contribution in [1.29, 1.82) is 0 Å². The van der Waals surface area contributed by atoms with Gasteiger partial charge in [0.05, 0.1) is 14.2 Å². The summed E-state index contributed by atoms with van der Waals surface area (Å²) in [4.78, 5) is 0. The van der Waals surface area contributed by atoms with Crippen LogP contribution in [-0.2, 0) is 6.42 Å². The van der Waals surface area contributed by atoms with Gasteiger partial charge in [-0.3, -0.25) is 0 Å². The average molecular weight is 306 g/mol. The van der Waals surface area contributed by atoms with E-state index in [9.17, 15) is 0 Å². The van der Waals surface area contributed by atoms with E-state index < -0.39 is 0 Å². The van der Waals surface area contributed by atoms with E-state index in [1.165, 1.54) is 5.56 Å². The SMILES string of the molecule is COc1ccc(NC(C)Cc2ccc(Cl)cc2)cc1OC. The number of methoxy groups -OCH3 is 2. The van der Waals surface area contributed by atoms with E-state index in [-0.39, 0.29) is 0 Å². The molecule has 0 aliphatic heterocycles. The Labute approximate surface area is 130 Å². The van der Waals surface area contributed by atoms with Crippen molar-refractivity contribution in [3.63, 3.8) is 0 Å². The van der Waals surface area contributed by atoms with Gasteiger partial charge in [0.1, 0.15) is 0 Å². The van der Waals surface area contributed by atoms with Crippen LogP contribution in [0, 0.1) is 0 Å². The zero-order valence-corrected chi connectivity index (χ0v) is 13.3. The Bertz CT molecular complexity index is 584. The highest BCUT2D eigenvalue weighted by molar-refractivity contribution is 6.30. The van der Waals surface area contributed by atoms with Crippen molar-refractivity contribution in [1.82, 2.24) is 0 Å². The van der Waals surface area contributed by atoms with E-state index in [0.29, 0.717) is 6.04 Å². The summed E-state index contributed by atoms with van der Waals surface area (Å²) in [5, 5.41) is 4.23. The Morgan fingerprint density at radius 1 is 1.00 bits per heavy atom. The summed E-state index contributed by atoms with van der Waals surface area (Å²) in [5.74, 6) is 1.45. The molecule has 0 aromatic heterocycles. The van der Waals surface area contributed by atoms with E-state index in [1.807, 2.05) is 30.3 Å². The number of halogens is 1. The fraction of sp³-hybridized carbons (Fsp3) is 0.294. The third-order valence-electron chi connectivity index (χ3n) is 3.25. The van der Waals surface area contributed by atoms with Gasteiger partial charge in [0.15, 0.2) is 11.5 Å². The summed E-state index contributed by atoms with van der Waals surface area (Å²) < 4.78 is 10.5. The minimum Gasteiger partial charge on any atom is -0.493 e. The Morgan fingerprint density at radius 3 is 2.29 bits per heavy atom. The van der Waals surface area contributed by atoms with Crippen LogP contribution >= 0.6 is 11.6 Å². The van der Waals surface area contributed by atoms with Crippen LogP contribution in [0.1, 0.15) is 12.5 Å². The molecule has 1 unspecified atom stereocenters. The molecule has 0 amide bonds. The third-order valence-corrected chi connectivity index (χ3v) is 3.50. The van der Waals surface area contributed by atoms with Gasteiger partial charge >= 0.3 is 0 Å². The second kappa shape index (κ2) is 7.23. The average Bonchev–Trinajstić information content (AvgIpc) is 2.49. The minimum atomic E-state index is 0.296. The van der Waals surface area contributed by atoms with Gasteiger partial charge in [-0.15, -0.1) is 0 Å². The molecule has 0 saturated carbocycles. The molecule has 0 radical (unpaired) electrons. The Kier molecular flexibility index (Phi) is 5.34. The summed E-state index contributed by atoms with van der Waals surface area (Å²) in [6, 6.07) is 14.1. The lowest BCUT2D eigenvalue weighted by molar-refractivity contribution is 0.355. The first kappa shape index (κ1) is 15.5. The maximum absolute atomic E-state index is 5.90. The van der Waals surface area contributed by atoms with Crippen LogP contribution < -0.4 is 14.8 Å². The molecule has 3 nitrogen and oxygen atoms in total. The van der Waals surface area contributed by atoms with Gasteiger partial charge in [0.25, 0.3) is 0 Å². The molecule has 112 valence electrons. The van der Waals surface area contributed by atoms with Gasteiger partial charge in [-0.05, 0) is 43.2 Å². The molecule has 0 spiro atoms. The van der Waals surface area contributed by atoms with Crippen LogP contribution in [0.15, 0.2) is 42.5 Å². The number of benzene rings is 2. The van der Waals surface area contributed by atoms with Crippen LogP contribution in [0.5, 0.6) is 11.5 Å². The first-order chi connectivity index (χ1) is 10.1. The highest BCUT2D eigenvalue weighted by Gasteiger charge is 2.07. The van der Waals surface area contributed by atoms with E-state index in [1.54, 1.807) is 14.2 Å². The van der Waals surface area contributed by atoms with Crippen molar-refractivity contribution in [3.8, 4) is 11.5 Å². The molecular formula is C17H20ClNO2. The van der Waals surface area contributed by atoms with Crippen molar-refractivity contribution < 1.29 is 9.47 Å². The maximum Gasteiger partial charge on any atom is 0.162 e. The standard InChI is InChI=1S/C17H20ClNO2/c1-12(10-13-4-6-14(18)7-5-13)19-15-8-9-16(20-2)17(11-15)21-3/h4-9,11-12,19H,10H2,1-3H3. The first-order valence-electron chi connectivity index (χ1n) is 6.85. The zero-order valence-electron chi connectivity index (χ0n) is 12.5. The highest BCUT2D eigenvalue weighted by atomic mass is 35.5. The molecule has 0 heterocycles. The molecule has 1 N–H and O–H groups in total. The van der Waals surface area contributed by atoms with Crippen LogP contribution in [0.25, 0.3) is 0 Å². The topological polar surface area (TPSA) is 30.5 Å². The van der Waals surface area contributed by atoms with Crippen molar-refractivity contribution in [3.05, 3.63) is 53.1 Å². The number of rotatable bonds is 6. The Morgan fingerprint density at radius 2 is 1.67 bits per heavy atom. The normalized spacial score (nSPS) is 11.8. The summed E-state index contributed by atoms with van der Waals surface area (Å²) >= 11 is 5.90. The highest BCUT2D eigenvalue weighted by Crippen LogP contribution is 2.30. The Hall–Kier alpha value is -1.87. The van der Waals surface area contributed by atoms with E-state index >= 15 is 0 Å². The fourth-order valence-electron chi connectivity index (χ4n) is 2.24. The summed E-state index contributed by atoms with van der Waals surface area (Å²) in [7, 11) is 3.27. The van der Waals surface area contributed by atoms with Crippen molar-refractivity contribution in [2.24, 2.45) is 0 Å². The summed E-state index contributed by atoms with van der Waals surface area (Å²) in [6.07, 6.45) is 0.922. The predicted molar refractivity (Wildman–Crippen MR) is 87.8 cm³/mol. The van der Waals surface area contributed by atoms with Crippen molar-refractivity contribution in [2.45, 2.75) is 19.4 Å². The van der Waals surface area contributed by atoms with E-state index in [0.717, 1.165) is 28.6 Å². The molecule has 4 heteroatoms. The molecule has 21 heavy (non-hydrogen) atoms.